The van der Waals surface area contributed by atoms with Gasteiger partial charge in [0.2, 0.25) is 70.9 Å². The lowest BCUT2D eigenvalue weighted by Gasteiger charge is -2.36. The van der Waals surface area contributed by atoms with Crippen LogP contribution in [0.2, 0.25) is 0 Å². The molecule has 598 valence electrons. The normalized spacial score (nSPS) is 14.9. The number of aliphatic hydroxyl groups excluding tert-OH is 1. The van der Waals surface area contributed by atoms with Gasteiger partial charge in [-0.15, -0.1) is 0 Å². The van der Waals surface area contributed by atoms with Crippen molar-refractivity contribution in [3.05, 3.63) is 76.9 Å². The van der Waals surface area contributed by atoms with Gasteiger partial charge in [0.05, 0.1) is 38.2 Å². The number of rotatable bonds is 45. The van der Waals surface area contributed by atoms with Crippen molar-refractivity contribution in [2.24, 2.45) is 29.2 Å². The van der Waals surface area contributed by atoms with Crippen molar-refractivity contribution in [3.63, 3.8) is 0 Å². The summed E-state index contributed by atoms with van der Waals surface area (Å²) in [5.74, 6) is -12.6. The van der Waals surface area contributed by atoms with Gasteiger partial charge in [-0.1, -0.05) is 66.9 Å². The Balaban J connectivity index is 1.06. The third kappa shape index (κ3) is 26.8. The predicted molar refractivity (Wildman–Crippen MR) is 404 cm³/mol. The lowest BCUT2D eigenvalue weighted by Crippen LogP contribution is -2.60. The zero-order chi connectivity index (χ0) is 80.8. The molecule has 109 heavy (non-hydrogen) atoms. The lowest BCUT2D eigenvalue weighted by molar-refractivity contribution is -0.142. The number of ether oxygens (including phenoxy) is 2. The third-order valence-electron chi connectivity index (χ3n) is 18.1. The van der Waals surface area contributed by atoms with Crippen molar-refractivity contribution < 1.29 is 97.0 Å². The molecule has 0 saturated heterocycles. The number of phenolic OH excluding ortho intramolecular Hbond substituents is 2. The molecule has 1 spiro atoms. The SMILES string of the molecule is CC[C@H](C)[C@H](NC(=O)[C@@H](NC(=O)[C@@H](C)NC(=O)CNC(=O)[C@@H](CCCCN)NC(=O)[C@@H](CC(N)=O)NC(=O)[C@@H](CO)NC(=O)CNC(=O)CCCCCNC(=S)Nc1ccc2c(c1)C(=O)OC21c2ccc(O)cc2Oc2cc(O)ccc21)[C@@H](C)CC)C(=O)NCC(=O)N[C@@H](CC(C)C)C(=O)N[C@@H](CCSC)C(=O)O. The van der Waals surface area contributed by atoms with Crippen LogP contribution >= 0.6 is 24.0 Å². The molecule has 0 aromatic heterocycles. The van der Waals surface area contributed by atoms with Gasteiger partial charge in [0.15, 0.2) is 10.7 Å². The molecule has 2 heterocycles. The zero-order valence-electron chi connectivity index (χ0n) is 62.3. The summed E-state index contributed by atoms with van der Waals surface area (Å²) in [6.45, 7) is 9.37. The summed E-state index contributed by atoms with van der Waals surface area (Å²) in [5.41, 5.74) is 11.8. The van der Waals surface area contributed by atoms with Gasteiger partial charge in [0, 0.05) is 47.5 Å². The minimum Gasteiger partial charge on any atom is -0.508 e. The van der Waals surface area contributed by atoms with Crippen LogP contribution < -0.4 is 85.3 Å². The molecule has 21 N–H and O–H groups in total. The fourth-order valence-electron chi connectivity index (χ4n) is 11.7. The largest absolute Gasteiger partial charge is 0.508 e. The molecular formula is C72H103N15O20S2. The van der Waals surface area contributed by atoms with Crippen molar-refractivity contribution in [2.45, 2.75) is 179 Å². The highest BCUT2D eigenvalue weighted by Crippen LogP contribution is 2.57. The number of thioether (sulfide) groups is 1. The zero-order valence-corrected chi connectivity index (χ0v) is 63.9. The average Bonchev–Trinajstić information content (AvgIpc) is 1.59. The van der Waals surface area contributed by atoms with E-state index in [0.717, 1.165) is 0 Å². The van der Waals surface area contributed by atoms with E-state index in [9.17, 15) is 87.5 Å². The maximum absolute atomic E-state index is 14.0. The summed E-state index contributed by atoms with van der Waals surface area (Å²) < 4.78 is 12.1. The number of hydrogen-bond acceptors (Lipinski definition) is 22. The number of anilines is 1. The van der Waals surface area contributed by atoms with Crippen molar-refractivity contribution in [1.29, 1.82) is 0 Å². The number of aliphatic carboxylic acids is 1. The number of carbonyl (C=O) groups excluding carboxylic acids is 13. The Hall–Kier alpha value is -10.4. The molecule has 12 amide bonds. The number of thiocarbonyl (C=S) groups is 1. The molecule has 0 aliphatic carbocycles. The van der Waals surface area contributed by atoms with Gasteiger partial charge in [-0.3, -0.25) is 57.5 Å². The second kappa shape index (κ2) is 43.6. The van der Waals surface area contributed by atoms with E-state index in [0.29, 0.717) is 73.2 Å². The summed E-state index contributed by atoms with van der Waals surface area (Å²) in [4.78, 5) is 185. The number of fused-ring (bicyclic) bond motifs is 6. The molecule has 0 unspecified atom stereocenters. The Morgan fingerprint density at radius 2 is 1.10 bits per heavy atom. The van der Waals surface area contributed by atoms with Crippen LogP contribution in [0.25, 0.3) is 0 Å². The van der Waals surface area contributed by atoms with Crippen LogP contribution in [0.4, 0.5) is 5.69 Å². The number of carboxylic acid groups (broad SMARTS) is 1. The quantitative estimate of drug-likeness (QED) is 0.0197. The number of amides is 12. The van der Waals surface area contributed by atoms with Crippen molar-refractivity contribution >= 4 is 118 Å². The topological polar surface area (TPSA) is 547 Å². The van der Waals surface area contributed by atoms with E-state index in [4.69, 9.17) is 33.2 Å². The molecule has 37 heteroatoms. The monoisotopic (exact) mass is 1560 g/mol. The summed E-state index contributed by atoms with van der Waals surface area (Å²) in [6.07, 6.45) is 4.09. The summed E-state index contributed by atoms with van der Waals surface area (Å²) in [6, 6.07) is 2.90. The molecule has 0 saturated carbocycles. The Labute approximate surface area is 640 Å². The Bertz CT molecular complexity index is 3740. The highest BCUT2D eigenvalue weighted by atomic mass is 32.2. The first-order chi connectivity index (χ1) is 51.7. The van der Waals surface area contributed by atoms with E-state index in [1.165, 1.54) is 43.0 Å². The number of unbranched alkanes of at least 4 members (excludes halogenated alkanes) is 3. The average molecular weight is 1560 g/mol. The fourth-order valence-corrected chi connectivity index (χ4v) is 12.4. The van der Waals surface area contributed by atoms with Gasteiger partial charge in [0.1, 0.15) is 71.3 Å². The highest BCUT2D eigenvalue weighted by molar-refractivity contribution is 7.98. The lowest BCUT2D eigenvalue weighted by atomic mass is 9.77. The minimum absolute atomic E-state index is 0.00690. The van der Waals surface area contributed by atoms with E-state index in [-0.39, 0.29) is 78.2 Å². The molecule has 2 aliphatic rings. The van der Waals surface area contributed by atoms with Crippen LogP contribution in [0.15, 0.2) is 54.6 Å². The summed E-state index contributed by atoms with van der Waals surface area (Å²) >= 11 is 6.91. The first-order valence-electron chi connectivity index (χ1n) is 36.0. The first-order valence-corrected chi connectivity index (χ1v) is 37.8. The van der Waals surface area contributed by atoms with Crippen LogP contribution in [0.5, 0.6) is 23.0 Å². The number of benzene rings is 3. The number of carboxylic acids is 1. The van der Waals surface area contributed by atoms with Crippen molar-refractivity contribution in [2.75, 3.05) is 56.7 Å². The first kappa shape index (κ1) is 89.2. The molecule has 2 aliphatic heterocycles. The van der Waals surface area contributed by atoms with Crippen LogP contribution in [-0.4, -0.2) is 208 Å². The number of phenols is 2. The predicted octanol–water partition coefficient (Wildman–Crippen LogP) is -0.268. The smallest absolute Gasteiger partial charge is 0.340 e. The molecule has 0 radical (unpaired) electrons. The molecule has 0 bridgehead atoms. The van der Waals surface area contributed by atoms with E-state index in [1.54, 1.807) is 78.1 Å². The van der Waals surface area contributed by atoms with E-state index in [2.05, 4.69) is 69.1 Å². The molecule has 5 rings (SSSR count). The molecule has 3 aromatic rings. The fraction of sp³-hybridized carbons (Fsp3) is 0.542. The number of nitrogens with two attached hydrogens (primary N) is 2. The van der Waals surface area contributed by atoms with Crippen LogP contribution in [0, 0.1) is 17.8 Å². The Kier molecular flexibility index (Phi) is 35.7. The second-order valence-electron chi connectivity index (χ2n) is 27.0. The van der Waals surface area contributed by atoms with Crippen LogP contribution in [0.3, 0.4) is 0 Å². The molecule has 3 aromatic carbocycles. The summed E-state index contributed by atoms with van der Waals surface area (Å²) in [5, 5.41) is 73.6. The summed E-state index contributed by atoms with van der Waals surface area (Å²) in [7, 11) is 0. The second-order valence-corrected chi connectivity index (χ2v) is 28.4. The molecular weight excluding hydrogens is 1460 g/mol. The number of esters is 1. The van der Waals surface area contributed by atoms with E-state index in [1.807, 2.05) is 0 Å². The van der Waals surface area contributed by atoms with Crippen LogP contribution in [-0.2, 0) is 72.7 Å². The standard InChI is InChI=1S/C72H103N15O20S2/c1-9-38(5)60(67(101)78-35-59(95)81-50(28-37(3)4)64(98)84-49(69(103)104)24-27-109-8)87-68(102)61(39(6)10-2)86-62(96)40(7)79-57(93)34-77-63(97)48(16-13-14-25-73)83-65(99)51(32-55(74)91)85-66(100)52(36-88)82-58(94)33-76-56(92)17-12-11-15-26-75-71(108)80-41-18-21-45-44(29-41)70(105)107-72(45)46-22-19-42(89)30-53(46)106-54-31-43(90)20-23-47(54)72/h18-23,29-31,37-40,48-52,60-61,88-90H,9-17,24-28,32-36,73H2,1-8H3,(H2,74,91)(H,76,92)(H,77,97)(H,78,101)(H,79,93)(H,81,95)(H,82,94)(H,83,99)(H,84,98)(H,85,100)(H,86,96)(H,87,102)(H,103,104)(H2,75,80,108)/t38-,39-,40+,48+,49-,50-,51+,52+,60-,61-/m0/s1. The molecule has 0 fully saturated rings. The Morgan fingerprint density at radius 1 is 0.560 bits per heavy atom. The van der Waals surface area contributed by atoms with Gasteiger partial charge < -0.3 is 110 Å². The Morgan fingerprint density at radius 3 is 1.68 bits per heavy atom. The minimum atomic E-state index is -1.77. The van der Waals surface area contributed by atoms with Crippen LogP contribution in [0.1, 0.15) is 153 Å². The number of primary amides is 1. The van der Waals surface area contributed by atoms with Gasteiger partial charge >= 0.3 is 11.9 Å². The van der Waals surface area contributed by atoms with Gasteiger partial charge in [-0.2, -0.15) is 11.8 Å². The number of aromatic hydroxyl groups is 2. The third-order valence-corrected chi connectivity index (χ3v) is 19.0. The van der Waals surface area contributed by atoms with E-state index < -0.39 is 181 Å². The number of carbonyl (C=O) groups is 14. The van der Waals surface area contributed by atoms with Gasteiger partial charge in [-0.25, -0.2) is 9.59 Å². The molecule has 35 nitrogen and oxygen atoms in total. The highest BCUT2D eigenvalue weighted by Gasteiger charge is 2.54. The van der Waals surface area contributed by atoms with Gasteiger partial charge in [-0.05, 0) is 137 Å². The number of hydrogen-bond donors (Lipinski definition) is 19. The molecule has 10 atom stereocenters. The van der Waals surface area contributed by atoms with Crippen molar-refractivity contribution in [1.82, 2.24) is 63.8 Å². The number of nitrogens with one attached hydrogen (secondary N) is 13. The van der Waals surface area contributed by atoms with Gasteiger partial charge in [0.25, 0.3) is 0 Å². The maximum Gasteiger partial charge on any atom is 0.340 e. The van der Waals surface area contributed by atoms with E-state index >= 15 is 0 Å². The number of aliphatic hydroxyl groups is 1. The maximum atomic E-state index is 14.0. The van der Waals surface area contributed by atoms with Crippen molar-refractivity contribution in [3.8, 4) is 23.0 Å².